The topological polar surface area (TPSA) is 85.4 Å². The SMILES string of the molecule is CCN1CCN(C(=O)CCC2CCN(C(=O)c3ccc4n[nH]nc4c3)CC2)CC1. The van der Waals surface area contributed by atoms with Crippen molar-refractivity contribution in [3.05, 3.63) is 23.8 Å². The van der Waals surface area contributed by atoms with E-state index in [1.165, 1.54) is 0 Å². The predicted octanol–water partition coefficient (Wildman–Crippen LogP) is 1.75. The molecule has 2 amide bonds. The van der Waals surface area contributed by atoms with Crippen LogP contribution in [0.2, 0.25) is 0 Å². The van der Waals surface area contributed by atoms with E-state index in [0.29, 0.717) is 29.3 Å². The van der Waals surface area contributed by atoms with E-state index >= 15 is 0 Å². The lowest BCUT2D eigenvalue weighted by Gasteiger charge is -2.35. The second kappa shape index (κ2) is 8.90. The molecule has 2 saturated heterocycles. The third-order valence-corrected chi connectivity index (χ3v) is 6.40. The number of nitrogens with one attached hydrogen (secondary N) is 1. The molecule has 0 aliphatic carbocycles. The maximum atomic E-state index is 12.8. The molecule has 3 heterocycles. The zero-order chi connectivity index (χ0) is 20.2. The maximum Gasteiger partial charge on any atom is 0.253 e. The summed E-state index contributed by atoms with van der Waals surface area (Å²) < 4.78 is 0. The molecular formula is C21H30N6O2. The van der Waals surface area contributed by atoms with Crippen molar-refractivity contribution in [1.82, 2.24) is 30.1 Å². The monoisotopic (exact) mass is 398 g/mol. The molecule has 0 unspecified atom stereocenters. The van der Waals surface area contributed by atoms with Gasteiger partial charge in [-0.3, -0.25) is 9.59 Å². The lowest BCUT2D eigenvalue weighted by Crippen LogP contribution is -2.48. The Hall–Kier alpha value is -2.48. The van der Waals surface area contributed by atoms with Crippen LogP contribution >= 0.6 is 0 Å². The highest BCUT2D eigenvalue weighted by molar-refractivity contribution is 5.97. The van der Waals surface area contributed by atoms with E-state index in [1.807, 2.05) is 21.9 Å². The number of benzene rings is 1. The van der Waals surface area contributed by atoms with Gasteiger partial charge >= 0.3 is 0 Å². The molecule has 4 rings (SSSR count). The van der Waals surface area contributed by atoms with Gasteiger partial charge in [-0.25, -0.2) is 0 Å². The molecule has 2 aliphatic heterocycles. The summed E-state index contributed by atoms with van der Waals surface area (Å²) >= 11 is 0. The van der Waals surface area contributed by atoms with Crippen LogP contribution in [0.4, 0.5) is 0 Å². The molecule has 0 bridgehead atoms. The molecule has 2 aliphatic rings. The van der Waals surface area contributed by atoms with Crippen LogP contribution in [0.5, 0.6) is 0 Å². The molecule has 156 valence electrons. The van der Waals surface area contributed by atoms with Crippen molar-refractivity contribution in [3.8, 4) is 0 Å². The highest BCUT2D eigenvalue weighted by atomic mass is 16.2. The summed E-state index contributed by atoms with van der Waals surface area (Å²) in [5, 5.41) is 10.7. The molecule has 8 heteroatoms. The molecule has 8 nitrogen and oxygen atoms in total. The standard InChI is InChI=1S/C21H30N6O2/c1-2-25-11-13-26(14-12-25)20(28)6-3-16-7-9-27(10-8-16)21(29)17-4-5-18-19(15-17)23-24-22-18/h4-5,15-16H,2-3,6-14H2,1H3,(H,22,23,24). The minimum atomic E-state index is 0.0539. The summed E-state index contributed by atoms with van der Waals surface area (Å²) in [6, 6.07) is 5.44. The number of carbonyl (C=O) groups excluding carboxylic acids is 2. The number of rotatable bonds is 5. The fourth-order valence-electron chi connectivity index (χ4n) is 4.38. The van der Waals surface area contributed by atoms with Crippen molar-refractivity contribution < 1.29 is 9.59 Å². The fourth-order valence-corrected chi connectivity index (χ4v) is 4.38. The van der Waals surface area contributed by atoms with Crippen molar-refractivity contribution >= 4 is 22.8 Å². The number of piperidine rings is 1. The summed E-state index contributed by atoms with van der Waals surface area (Å²) in [4.78, 5) is 31.6. The number of likely N-dealkylation sites (N-methyl/N-ethyl adjacent to an activating group) is 1. The van der Waals surface area contributed by atoms with E-state index in [-0.39, 0.29) is 5.91 Å². The Morgan fingerprint density at radius 2 is 1.72 bits per heavy atom. The fraction of sp³-hybridized carbons (Fsp3) is 0.619. The van der Waals surface area contributed by atoms with Crippen LogP contribution < -0.4 is 0 Å². The van der Waals surface area contributed by atoms with Gasteiger partial charge in [0, 0.05) is 51.3 Å². The number of hydrogen-bond donors (Lipinski definition) is 1. The second-order valence-corrected chi connectivity index (χ2v) is 8.12. The zero-order valence-electron chi connectivity index (χ0n) is 17.1. The van der Waals surface area contributed by atoms with Crippen LogP contribution in [0.3, 0.4) is 0 Å². The number of aromatic amines is 1. The van der Waals surface area contributed by atoms with E-state index in [0.717, 1.165) is 70.6 Å². The van der Waals surface area contributed by atoms with E-state index in [9.17, 15) is 9.59 Å². The zero-order valence-corrected chi connectivity index (χ0v) is 17.1. The number of aromatic nitrogens is 3. The molecule has 29 heavy (non-hydrogen) atoms. The van der Waals surface area contributed by atoms with Crippen molar-refractivity contribution in [2.75, 3.05) is 45.8 Å². The van der Waals surface area contributed by atoms with Crippen LogP contribution in [0, 0.1) is 5.92 Å². The number of H-pyrrole nitrogens is 1. The summed E-state index contributed by atoms with van der Waals surface area (Å²) in [7, 11) is 0. The number of nitrogens with zero attached hydrogens (tertiary/aromatic N) is 5. The number of fused-ring (bicyclic) bond motifs is 1. The minimum Gasteiger partial charge on any atom is -0.340 e. The molecule has 2 aromatic rings. The number of carbonyl (C=O) groups is 2. The number of hydrogen-bond acceptors (Lipinski definition) is 5. The number of amides is 2. The minimum absolute atomic E-state index is 0.0539. The Balaban J connectivity index is 1.22. The van der Waals surface area contributed by atoms with Crippen molar-refractivity contribution in [2.24, 2.45) is 5.92 Å². The first kappa shape index (κ1) is 19.8. The lowest BCUT2D eigenvalue weighted by atomic mass is 9.91. The van der Waals surface area contributed by atoms with Gasteiger partial charge in [0.05, 0.1) is 0 Å². The molecule has 0 atom stereocenters. The first-order chi connectivity index (χ1) is 14.1. The summed E-state index contributed by atoms with van der Waals surface area (Å²) in [6.45, 7) is 8.43. The van der Waals surface area contributed by atoms with Crippen LogP contribution in [0.15, 0.2) is 18.2 Å². The molecule has 0 saturated carbocycles. The summed E-state index contributed by atoms with van der Waals surface area (Å²) in [5.41, 5.74) is 2.14. The van der Waals surface area contributed by atoms with Gasteiger partial charge in [-0.05, 0) is 49.9 Å². The highest BCUT2D eigenvalue weighted by Crippen LogP contribution is 2.24. The quantitative estimate of drug-likeness (QED) is 0.829. The van der Waals surface area contributed by atoms with Crippen molar-refractivity contribution in [1.29, 1.82) is 0 Å². The van der Waals surface area contributed by atoms with E-state index in [2.05, 4.69) is 27.2 Å². The van der Waals surface area contributed by atoms with Crippen LogP contribution in [-0.4, -0.2) is 87.7 Å². The van der Waals surface area contributed by atoms with Gasteiger partial charge < -0.3 is 14.7 Å². The Kier molecular flexibility index (Phi) is 6.08. The van der Waals surface area contributed by atoms with E-state index < -0.39 is 0 Å². The molecular weight excluding hydrogens is 368 g/mol. The normalized spacial score (nSPS) is 19.1. The van der Waals surface area contributed by atoms with Gasteiger partial charge in [0.15, 0.2) is 0 Å². The molecule has 0 spiro atoms. The van der Waals surface area contributed by atoms with Gasteiger partial charge in [-0.2, -0.15) is 15.4 Å². The second-order valence-electron chi connectivity index (χ2n) is 8.12. The molecule has 1 aromatic carbocycles. The first-order valence-electron chi connectivity index (χ1n) is 10.7. The van der Waals surface area contributed by atoms with Crippen LogP contribution in [-0.2, 0) is 4.79 Å². The van der Waals surface area contributed by atoms with Gasteiger partial charge in [-0.15, -0.1) is 0 Å². The average molecular weight is 399 g/mol. The average Bonchev–Trinajstić information content (AvgIpc) is 3.25. The molecule has 2 fully saturated rings. The van der Waals surface area contributed by atoms with Crippen molar-refractivity contribution in [3.63, 3.8) is 0 Å². The van der Waals surface area contributed by atoms with Gasteiger partial charge in [-0.1, -0.05) is 6.92 Å². The Bertz CT molecular complexity index is 850. The molecule has 0 radical (unpaired) electrons. The predicted molar refractivity (Wildman–Crippen MR) is 110 cm³/mol. The third kappa shape index (κ3) is 4.58. The Morgan fingerprint density at radius 3 is 2.45 bits per heavy atom. The van der Waals surface area contributed by atoms with Crippen LogP contribution in [0.25, 0.3) is 11.0 Å². The van der Waals surface area contributed by atoms with Gasteiger partial charge in [0.25, 0.3) is 5.91 Å². The maximum absolute atomic E-state index is 12.8. The number of likely N-dealkylation sites (tertiary alicyclic amines) is 1. The van der Waals surface area contributed by atoms with E-state index in [1.54, 1.807) is 6.07 Å². The summed E-state index contributed by atoms with van der Waals surface area (Å²) in [5.74, 6) is 0.872. The smallest absolute Gasteiger partial charge is 0.253 e. The van der Waals surface area contributed by atoms with Gasteiger partial charge in [0.1, 0.15) is 11.0 Å². The first-order valence-corrected chi connectivity index (χ1v) is 10.7. The molecule has 1 N–H and O–H groups in total. The Labute approximate surface area is 171 Å². The number of piperazine rings is 1. The molecule has 1 aromatic heterocycles. The largest absolute Gasteiger partial charge is 0.340 e. The highest BCUT2D eigenvalue weighted by Gasteiger charge is 2.26. The van der Waals surface area contributed by atoms with Crippen molar-refractivity contribution in [2.45, 2.75) is 32.6 Å². The third-order valence-electron chi connectivity index (χ3n) is 6.40. The summed E-state index contributed by atoms with van der Waals surface area (Å²) in [6.07, 6.45) is 3.50. The van der Waals surface area contributed by atoms with E-state index in [4.69, 9.17) is 0 Å². The lowest BCUT2D eigenvalue weighted by molar-refractivity contribution is -0.133. The van der Waals surface area contributed by atoms with Gasteiger partial charge in [0.2, 0.25) is 5.91 Å². The van der Waals surface area contributed by atoms with Crippen LogP contribution in [0.1, 0.15) is 43.0 Å². The Morgan fingerprint density at radius 1 is 1.00 bits per heavy atom.